The third kappa shape index (κ3) is 5.33. The lowest BCUT2D eigenvalue weighted by Gasteiger charge is -2.34. The number of nitrogens with one attached hydrogen (secondary N) is 1. The van der Waals surface area contributed by atoms with Crippen LogP contribution in [0.5, 0.6) is 11.5 Å². The molecule has 2 aromatic rings. The van der Waals surface area contributed by atoms with Crippen LogP contribution >= 0.6 is 11.3 Å². The minimum absolute atomic E-state index is 0.0276. The molecule has 9 nitrogen and oxygen atoms in total. The van der Waals surface area contributed by atoms with E-state index < -0.39 is 10.0 Å². The number of nitrogens with zero attached hydrogens (tertiary/aromatic N) is 3. The van der Waals surface area contributed by atoms with Crippen LogP contribution in [0.2, 0.25) is 0 Å². The number of carbonyl (C=O) groups excluding carboxylic acids is 1. The lowest BCUT2D eigenvalue weighted by Crippen LogP contribution is -2.53. The van der Waals surface area contributed by atoms with Crippen molar-refractivity contribution in [2.75, 3.05) is 40.4 Å². The fourth-order valence-electron chi connectivity index (χ4n) is 3.27. The predicted molar refractivity (Wildman–Crippen MR) is 123 cm³/mol. The predicted octanol–water partition coefficient (Wildman–Crippen LogP) is 2.67. The first-order chi connectivity index (χ1) is 15.1. The molecule has 2 heterocycles. The van der Waals surface area contributed by atoms with Crippen molar-refractivity contribution in [3.63, 3.8) is 0 Å². The molecule has 0 aliphatic carbocycles. The van der Waals surface area contributed by atoms with Crippen LogP contribution in [-0.4, -0.2) is 69.0 Å². The smallest absolute Gasteiger partial charge is 0.317 e. The van der Waals surface area contributed by atoms with Gasteiger partial charge in [0.15, 0.2) is 0 Å². The highest BCUT2D eigenvalue weighted by molar-refractivity contribution is 7.89. The van der Waals surface area contributed by atoms with Crippen LogP contribution in [-0.2, 0) is 22.0 Å². The summed E-state index contributed by atoms with van der Waals surface area (Å²) in [7, 11) is -0.888. The van der Waals surface area contributed by atoms with Gasteiger partial charge in [0, 0.05) is 43.0 Å². The molecule has 0 unspecified atom stereocenters. The van der Waals surface area contributed by atoms with Crippen molar-refractivity contribution in [2.45, 2.75) is 37.6 Å². The first kappa shape index (κ1) is 24.3. The Bertz CT molecular complexity index is 1050. The van der Waals surface area contributed by atoms with E-state index >= 15 is 0 Å². The summed E-state index contributed by atoms with van der Waals surface area (Å²) in [5, 5.41) is 5.85. The third-order valence-corrected chi connectivity index (χ3v) is 8.37. The molecule has 32 heavy (non-hydrogen) atoms. The Labute approximate surface area is 193 Å². The number of hydrogen-bond donors (Lipinski definition) is 1. The standard InChI is InChI=1S/C21H30N4O5S2/c1-21(2,3)19-23-15(14-31-19)13-22-20(26)24-8-10-25(11-9-24)32(27,28)18-12-16(29-4)6-7-17(18)30-5/h6-7,12,14H,8-11,13H2,1-5H3,(H,22,26). The number of aromatic nitrogens is 1. The van der Waals surface area contributed by atoms with Gasteiger partial charge in [-0.1, -0.05) is 20.8 Å². The molecule has 0 saturated carbocycles. The molecule has 1 aromatic carbocycles. The van der Waals surface area contributed by atoms with E-state index in [0.29, 0.717) is 25.4 Å². The molecule has 1 aromatic heterocycles. The second kappa shape index (κ2) is 9.63. The zero-order chi connectivity index (χ0) is 23.5. The van der Waals surface area contributed by atoms with Crippen molar-refractivity contribution < 1.29 is 22.7 Å². The maximum Gasteiger partial charge on any atom is 0.317 e. The summed E-state index contributed by atoms with van der Waals surface area (Å²) in [6.45, 7) is 7.62. The maximum atomic E-state index is 13.2. The van der Waals surface area contributed by atoms with Gasteiger partial charge in [-0.25, -0.2) is 18.2 Å². The number of hydrogen-bond acceptors (Lipinski definition) is 7. The number of amides is 2. The van der Waals surface area contributed by atoms with Crippen molar-refractivity contribution in [3.8, 4) is 11.5 Å². The second-order valence-corrected chi connectivity index (χ2v) is 11.2. The third-order valence-electron chi connectivity index (χ3n) is 5.13. The van der Waals surface area contributed by atoms with Crippen LogP contribution in [0.3, 0.4) is 0 Å². The van der Waals surface area contributed by atoms with Gasteiger partial charge in [0.1, 0.15) is 16.4 Å². The van der Waals surface area contributed by atoms with Crippen molar-refractivity contribution in [2.24, 2.45) is 0 Å². The van der Waals surface area contributed by atoms with E-state index in [1.54, 1.807) is 28.4 Å². The molecule has 0 radical (unpaired) electrons. The van der Waals surface area contributed by atoms with E-state index in [0.717, 1.165) is 10.7 Å². The topological polar surface area (TPSA) is 101 Å². The number of rotatable bonds is 6. The molecule has 1 N–H and O–H groups in total. The number of sulfonamides is 1. The minimum atomic E-state index is -3.79. The van der Waals surface area contributed by atoms with Gasteiger partial charge in [-0.05, 0) is 12.1 Å². The van der Waals surface area contributed by atoms with Crippen molar-refractivity contribution in [1.82, 2.24) is 19.5 Å². The zero-order valence-electron chi connectivity index (χ0n) is 19.0. The highest BCUT2D eigenvalue weighted by atomic mass is 32.2. The number of carbonyl (C=O) groups is 1. The molecule has 1 fully saturated rings. The average molecular weight is 483 g/mol. The Morgan fingerprint density at radius 3 is 2.41 bits per heavy atom. The Morgan fingerprint density at radius 1 is 1.16 bits per heavy atom. The first-order valence-corrected chi connectivity index (χ1v) is 12.6. The van der Waals surface area contributed by atoms with E-state index in [-0.39, 0.29) is 35.2 Å². The van der Waals surface area contributed by atoms with Crippen molar-refractivity contribution >= 4 is 27.4 Å². The largest absolute Gasteiger partial charge is 0.497 e. The van der Waals surface area contributed by atoms with E-state index in [2.05, 4.69) is 31.1 Å². The molecular weight excluding hydrogens is 452 g/mol. The number of ether oxygens (including phenoxy) is 2. The van der Waals surface area contributed by atoms with Crippen molar-refractivity contribution in [3.05, 3.63) is 34.3 Å². The van der Waals surface area contributed by atoms with E-state index in [9.17, 15) is 13.2 Å². The quantitative estimate of drug-likeness (QED) is 0.679. The second-order valence-electron chi connectivity index (χ2n) is 8.46. The van der Waals surface area contributed by atoms with Gasteiger partial charge in [-0.3, -0.25) is 0 Å². The summed E-state index contributed by atoms with van der Waals surface area (Å²) in [5.41, 5.74) is 0.792. The molecule has 2 amide bonds. The number of methoxy groups -OCH3 is 2. The molecule has 1 aliphatic heterocycles. The molecule has 0 spiro atoms. The lowest BCUT2D eigenvalue weighted by atomic mass is 9.98. The van der Waals surface area contributed by atoms with Gasteiger partial charge in [0.2, 0.25) is 10.0 Å². The van der Waals surface area contributed by atoms with Crippen LogP contribution in [0.25, 0.3) is 0 Å². The molecule has 1 saturated heterocycles. The monoisotopic (exact) mass is 482 g/mol. The SMILES string of the molecule is COc1ccc(OC)c(S(=O)(=O)N2CCN(C(=O)NCc3csc(C(C)(C)C)n3)CC2)c1. The van der Waals surface area contributed by atoms with Crippen LogP contribution in [0, 0.1) is 0 Å². The number of urea groups is 1. The van der Waals surface area contributed by atoms with Gasteiger partial charge >= 0.3 is 6.03 Å². The minimum Gasteiger partial charge on any atom is -0.497 e. The summed E-state index contributed by atoms with van der Waals surface area (Å²) in [6.07, 6.45) is 0. The Balaban J connectivity index is 1.60. The number of benzene rings is 1. The molecule has 0 bridgehead atoms. The van der Waals surface area contributed by atoms with Gasteiger partial charge < -0.3 is 19.7 Å². The van der Waals surface area contributed by atoms with Gasteiger partial charge in [0.25, 0.3) is 0 Å². The molecule has 11 heteroatoms. The fourth-order valence-corrected chi connectivity index (χ4v) is 5.77. The summed E-state index contributed by atoms with van der Waals surface area (Å²) in [4.78, 5) is 18.8. The molecule has 176 valence electrons. The molecule has 1 aliphatic rings. The Morgan fingerprint density at radius 2 is 1.84 bits per heavy atom. The number of thiazole rings is 1. The molecule has 0 atom stereocenters. The zero-order valence-corrected chi connectivity index (χ0v) is 20.7. The molecular formula is C21H30N4O5S2. The number of piperazine rings is 1. The summed E-state index contributed by atoms with van der Waals surface area (Å²) >= 11 is 1.58. The highest BCUT2D eigenvalue weighted by Crippen LogP contribution is 2.31. The van der Waals surface area contributed by atoms with E-state index in [4.69, 9.17) is 9.47 Å². The lowest BCUT2D eigenvalue weighted by molar-refractivity contribution is 0.171. The van der Waals surface area contributed by atoms with Crippen molar-refractivity contribution in [1.29, 1.82) is 0 Å². The first-order valence-electron chi connectivity index (χ1n) is 10.3. The van der Waals surface area contributed by atoms with E-state index in [1.165, 1.54) is 24.6 Å². The highest BCUT2D eigenvalue weighted by Gasteiger charge is 2.32. The summed E-state index contributed by atoms with van der Waals surface area (Å²) in [5.74, 6) is 0.683. The fraction of sp³-hybridized carbons (Fsp3) is 0.524. The van der Waals surface area contributed by atoms with Gasteiger partial charge in [0.05, 0.1) is 31.5 Å². The average Bonchev–Trinajstić information content (AvgIpc) is 3.27. The summed E-state index contributed by atoms with van der Waals surface area (Å²) in [6, 6.07) is 4.44. The van der Waals surface area contributed by atoms with Gasteiger partial charge in [-0.2, -0.15) is 4.31 Å². The Hall–Kier alpha value is -2.37. The normalized spacial score (nSPS) is 15.5. The molecule has 3 rings (SSSR count). The maximum absolute atomic E-state index is 13.2. The van der Waals surface area contributed by atoms with Crippen LogP contribution in [0.1, 0.15) is 31.5 Å². The summed E-state index contributed by atoms with van der Waals surface area (Å²) < 4.78 is 38.1. The van der Waals surface area contributed by atoms with Crippen LogP contribution < -0.4 is 14.8 Å². The van der Waals surface area contributed by atoms with Crippen LogP contribution in [0.15, 0.2) is 28.5 Å². The van der Waals surface area contributed by atoms with Gasteiger partial charge in [-0.15, -0.1) is 11.3 Å². The van der Waals surface area contributed by atoms with Crippen LogP contribution in [0.4, 0.5) is 4.79 Å². The Kier molecular flexibility index (Phi) is 7.31. The van der Waals surface area contributed by atoms with E-state index in [1.807, 2.05) is 5.38 Å².